The number of hydrogen-bond donors (Lipinski definition) is 3. The molecule has 0 unspecified atom stereocenters. The highest BCUT2D eigenvalue weighted by Crippen LogP contribution is 2.24. The van der Waals surface area contributed by atoms with Crippen molar-refractivity contribution in [1.29, 1.82) is 0 Å². The van der Waals surface area contributed by atoms with Crippen molar-refractivity contribution in [2.75, 3.05) is 18.9 Å². The predicted molar refractivity (Wildman–Crippen MR) is 125 cm³/mol. The summed E-state index contributed by atoms with van der Waals surface area (Å²) in [6.07, 6.45) is -4.59. The van der Waals surface area contributed by atoms with Gasteiger partial charge in [-0.15, -0.1) is 0 Å². The van der Waals surface area contributed by atoms with Gasteiger partial charge < -0.3 is 16.0 Å². The minimum absolute atomic E-state index is 0.0651. The lowest BCUT2D eigenvalue weighted by Crippen LogP contribution is -2.54. The van der Waals surface area contributed by atoms with E-state index in [-0.39, 0.29) is 12.2 Å². The molecule has 3 rings (SSSR count). The van der Waals surface area contributed by atoms with Crippen LogP contribution in [0, 0.1) is 11.2 Å². The second-order valence-corrected chi connectivity index (χ2v) is 9.22. The molecule has 0 bridgehead atoms. The van der Waals surface area contributed by atoms with Gasteiger partial charge in [-0.1, -0.05) is 32.9 Å². The summed E-state index contributed by atoms with van der Waals surface area (Å²) in [5.41, 5.74) is 1.16. The smallest absolute Gasteiger partial charge is 0.388 e. The molecule has 2 aromatic carbocycles. The van der Waals surface area contributed by atoms with E-state index >= 15 is 0 Å². The number of rotatable bonds is 7. The third-order valence-electron chi connectivity index (χ3n) is 5.37. The third kappa shape index (κ3) is 6.49. The van der Waals surface area contributed by atoms with Gasteiger partial charge in [-0.3, -0.25) is 14.3 Å². The number of alkyl halides is 3. The molecule has 0 aliphatic rings. The van der Waals surface area contributed by atoms with E-state index in [4.69, 9.17) is 0 Å². The number of carbonyl (C=O) groups excluding carboxylic acids is 2. The lowest BCUT2D eigenvalue weighted by Gasteiger charge is -2.30. The van der Waals surface area contributed by atoms with E-state index in [0.29, 0.717) is 10.9 Å². The highest BCUT2D eigenvalue weighted by atomic mass is 19.4. The first kappa shape index (κ1) is 26.0. The molecule has 7 nitrogen and oxygen atoms in total. The molecule has 0 aliphatic heterocycles. The van der Waals surface area contributed by atoms with Crippen LogP contribution in [0.25, 0.3) is 10.9 Å². The van der Waals surface area contributed by atoms with Gasteiger partial charge in [-0.25, -0.2) is 4.39 Å². The topological polar surface area (TPSA) is 88.1 Å². The standard InChI is InChI=1S/C24H27F4N5O2/c1-23(2,3)20(22(35)30-13-24(26,27)28)31-21(34)19-17-10-7-15(25)11-18(17)33(32-19)12-14-5-8-16(29-4)9-6-14/h5-11,20,29H,12-13H2,1-4H3,(H,30,35)(H,31,34)/t20-/m1/s1. The summed E-state index contributed by atoms with van der Waals surface area (Å²) in [6, 6.07) is 10.0. The van der Waals surface area contributed by atoms with E-state index in [1.54, 1.807) is 27.8 Å². The van der Waals surface area contributed by atoms with Crippen molar-refractivity contribution in [1.82, 2.24) is 20.4 Å². The highest BCUT2D eigenvalue weighted by molar-refractivity contribution is 6.06. The van der Waals surface area contributed by atoms with Gasteiger partial charge in [0.2, 0.25) is 5.91 Å². The Morgan fingerprint density at radius 3 is 2.29 bits per heavy atom. The van der Waals surface area contributed by atoms with Gasteiger partial charge in [0.05, 0.1) is 12.1 Å². The van der Waals surface area contributed by atoms with Crippen molar-refractivity contribution in [3.63, 3.8) is 0 Å². The Kier molecular flexibility index (Phi) is 7.37. The Hall–Kier alpha value is -3.63. The molecule has 0 saturated heterocycles. The molecule has 1 aromatic heterocycles. The Morgan fingerprint density at radius 1 is 1.06 bits per heavy atom. The molecule has 3 N–H and O–H groups in total. The molecule has 0 saturated carbocycles. The normalized spacial score (nSPS) is 12.9. The highest BCUT2D eigenvalue weighted by Gasteiger charge is 2.36. The summed E-state index contributed by atoms with van der Waals surface area (Å²) in [7, 11) is 1.79. The fourth-order valence-electron chi connectivity index (χ4n) is 3.55. The fraction of sp³-hybridized carbons (Fsp3) is 0.375. The molecule has 0 spiro atoms. The van der Waals surface area contributed by atoms with Crippen LogP contribution in [-0.2, 0) is 11.3 Å². The predicted octanol–water partition coefficient (Wildman–Crippen LogP) is 4.09. The van der Waals surface area contributed by atoms with E-state index in [2.05, 4.69) is 15.7 Å². The van der Waals surface area contributed by atoms with Crippen LogP contribution in [0.5, 0.6) is 0 Å². The number of carbonyl (C=O) groups is 2. The van der Waals surface area contributed by atoms with Crippen LogP contribution >= 0.6 is 0 Å². The quantitative estimate of drug-likeness (QED) is 0.433. The van der Waals surface area contributed by atoms with Gasteiger partial charge in [-0.05, 0) is 41.3 Å². The van der Waals surface area contributed by atoms with Gasteiger partial charge in [0.25, 0.3) is 5.91 Å². The molecule has 2 amide bonds. The first-order valence-corrected chi connectivity index (χ1v) is 10.9. The van der Waals surface area contributed by atoms with E-state index in [0.717, 1.165) is 11.3 Å². The van der Waals surface area contributed by atoms with Crippen LogP contribution in [-0.4, -0.2) is 47.4 Å². The molecule has 3 aromatic rings. The number of halogens is 4. The van der Waals surface area contributed by atoms with Crippen molar-refractivity contribution in [3.8, 4) is 0 Å². The second kappa shape index (κ2) is 9.93. The lowest BCUT2D eigenvalue weighted by atomic mass is 9.86. The van der Waals surface area contributed by atoms with Crippen LogP contribution in [0.3, 0.4) is 0 Å². The van der Waals surface area contributed by atoms with Crippen molar-refractivity contribution in [3.05, 3.63) is 59.5 Å². The van der Waals surface area contributed by atoms with Gasteiger partial charge in [0.15, 0.2) is 5.69 Å². The monoisotopic (exact) mass is 493 g/mol. The van der Waals surface area contributed by atoms with Crippen LogP contribution in [0.1, 0.15) is 36.8 Å². The van der Waals surface area contributed by atoms with Crippen LogP contribution in [0.2, 0.25) is 0 Å². The summed E-state index contributed by atoms with van der Waals surface area (Å²) in [6.45, 7) is 3.58. The Morgan fingerprint density at radius 2 is 1.71 bits per heavy atom. The SMILES string of the molecule is CNc1ccc(Cn2nc(C(=O)N[C@H](C(=O)NCC(F)(F)F)C(C)(C)C)c3ccc(F)cc32)cc1. The molecule has 0 aliphatic carbocycles. The zero-order chi connectivity index (χ0) is 26.0. The number of hydrogen-bond acceptors (Lipinski definition) is 4. The summed E-state index contributed by atoms with van der Waals surface area (Å²) >= 11 is 0. The van der Waals surface area contributed by atoms with Crippen molar-refractivity contribution in [2.45, 2.75) is 39.5 Å². The Labute approximate surface area is 199 Å². The summed E-state index contributed by atoms with van der Waals surface area (Å²) in [5.74, 6) is -2.24. The number of nitrogens with zero attached hydrogens (tertiary/aromatic N) is 2. The van der Waals surface area contributed by atoms with Crippen molar-refractivity contribution in [2.24, 2.45) is 5.41 Å². The zero-order valence-corrected chi connectivity index (χ0v) is 19.8. The van der Waals surface area contributed by atoms with E-state index in [1.807, 2.05) is 29.6 Å². The molecule has 188 valence electrons. The average Bonchev–Trinajstić information content (AvgIpc) is 3.12. The largest absolute Gasteiger partial charge is 0.405 e. The minimum atomic E-state index is -4.59. The molecule has 1 heterocycles. The third-order valence-corrected chi connectivity index (χ3v) is 5.37. The van der Waals surface area contributed by atoms with Crippen LogP contribution < -0.4 is 16.0 Å². The molecule has 1 atom stereocenters. The average molecular weight is 494 g/mol. The maximum absolute atomic E-state index is 14.0. The first-order chi connectivity index (χ1) is 16.3. The van der Waals surface area contributed by atoms with Gasteiger partial charge >= 0.3 is 6.18 Å². The number of amides is 2. The van der Waals surface area contributed by atoms with Gasteiger partial charge in [0, 0.05) is 18.1 Å². The fourth-order valence-corrected chi connectivity index (χ4v) is 3.55. The second-order valence-electron chi connectivity index (χ2n) is 9.22. The number of fused-ring (bicyclic) bond motifs is 1. The number of nitrogens with one attached hydrogen (secondary N) is 3. The van der Waals surface area contributed by atoms with Gasteiger partial charge in [-0.2, -0.15) is 18.3 Å². The minimum Gasteiger partial charge on any atom is -0.388 e. The van der Waals surface area contributed by atoms with Crippen LogP contribution in [0.15, 0.2) is 42.5 Å². The van der Waals surface area contributed by atoms with Gasteiger partial charge in [0.1, 0.15) is 18.4 Å². The maximum atomic E-state index is 14.0. The molecular formula is C24H27F4N5O2. The summed E-state index contributed by atoms with van der Waals surface area (Å²) in [5, 5.41) is 12.0. The van der Waals surface area contributed by atoms with E-state index in [9.17, 15) is 27.2 Å². The number of anilines is 1. The Bertz CT molecular complexity index is 1210. The van der Waals surface area contributed by atoms with Crippen molar-refractivity contribution < 1.29 is 27.2 Å². The first-order valence-electron chi connectivity index (χ1n) is 10.9. The molecular weight excluding hydrogens is 466 g/mol. The van der Waals surface area contributed by atoms with E-state index in [1.165, 1.54) is 22.9 Å². The zero-order valence-electron chi connectivity index (χ0n) is 19.8. The van der Waals surface area contributed by atoms with Crippen molar-refractivity contribution >= 4 is 28.4 Å². The molecule has 11 heteroatoms. The maximum Gasteiger partial charge on any atom is 0.405 e. The summed E-state index contributed by atoms with van der Waals surface area (Å²) in [4.78, 5) is 25.7. The summed E-state index contributed by atoms with van der Waals surface area (Å²) < 4.78 is 53.2. The molecule has 0 radical (unpaired) electrons. The Balaban J connectivity index is 1.92. The molecule has 35 heavy (non-hydrogen) atoms. The number of aromatic nitrogens is 2. The van der Waals surface area contributed by atoms with E-state index < -0.39 is 41.8 Å². The molecule has 0 fully saturated rings. The number of benzene rings is 2. The lowest BCUT2D eigenvalue weighted by molar-refractivity contribution is -0.140. The van der Waals surface area contributed by atoms with Crippen LogP contribution in [0.4, 0.5) is 23.2 Å².